The Hall–Kier alpha value is -1.44. The quantitative estimate of drug-likeness (QED) is 0.391. The van der Waals surface area contributed by atoms with Gasteiger partial charge in [0.1, 0.15) is 18.5 Å². The van der Waals surface area contributed by atoms with Crippen LogP contribution in [-0.4, -0.2) is 12.7 Å². The van der Waals surface area contributed by atoms with Crippen LogP contribution in [0.25, 0.3) is 0 Å². The first-order valence-electron chi connectivity index (χ1n) is 6.21. The smallest absolute Gasteiger partial charge is 0.116 e. The average molecular weight is 234 g/mol. The standard InChI is InChI=1S/C15H22O2/c1-4-7-15(8-5-2)17-12-13-9-10-14(6-3)16-11-13/h4,6-8,11,14H,3,5,9-10,12H2,1-2H3/b7-4-,15-8+. The molecule has 0 spiro atoms. The lowest BCUT2D eigenvalue weighted by Crippen LogP contribution is -2.13. The number of hydrogen-bond acceptors (Lipinski definition) is 2. The molecule has 2 heteroatoms. The highest BCUT2D eigenvalue weighted by Gasteiger charge is 2.12. The monoisotopic (exact) mass is 234 g/mol. The van der Waals surface area contributed by atoms with E-state index in [9.17, 15) is 0 Å². The van der Waals surface area contributed by atoms with Gasteiger partial charge in [0, 0.05) is 5.57 Å². The van der Waals surface area contributed by atoms with Crippen molar-refractivity contribution in [2.45, 2.75) is 39.2 Å². The molecule has 0 aromatic heterocycles. The molecule has 0 fully saturated rings. The maximum absolute atomic E-state index is 5.73. The molecule has 0 bridgehead atoms. The fraction of sp³-hybridized carbons (Fsp3) is 0.467. The minimum Gasteiger partial charge on any atom is -0.494 e. The Bertz CT molecular complexity index is 324. The van der Waals surface area contributed by atoms with E-state index in [2.05, 4.69) is 19.6 Å². The van der Waals surface area contributed by atoms with Gasteiger partial charge in [-0.1, -0.05) is 25.7 Å². The topological polar surface area (TPSA) is 18.5 Å². The third kappa shape index (κ3) is 4.94. The fourth-order valence-electron chi connectivity index (χ4n) is 1.63. The molecule has 0 aromatic rings. The summed E-state index contributed by atoms with van der Waals surface area (Å²) < 4.78 is 11.2. The van der Waals surface area contributed by atoms with E-state index in [4.69, 9.17) is 9.47 Å². The minimum absolute atomic E-state index is 0.167. The molecule has 1 unspecified atom stereocenters. The zero-order chi connectivity index (χ0) is 12.5. The summed E-state index contributed by atoms with van der Waals surface area (Å²) in [5.74, 6) is 0.932. The van der Waals surface area contributed by atoms with Gasteiger partial charge >= 0.3 is 0 Å². The highest BCUT2D eigenvalue weighted by molar-refractivity contribution is 5.13. The Balaban J connectivity index is 2.42. The third-order valence-electron chi connectivity index (χ3n) is 2.58. The summed E-state index contributed by atoms with van der Waals surface area (Å²) in [6.07, 6.45) is 12.9. The fourth-order valence-corrected chi connectivity index (χ4v) is 1.63. The van der Waals surface area contributed by atoms with Crippen molar-refractivity contribution in [2.24, 2.45) is 0 Å². The van der Waals surface area contributed by atoms with E-state index in [1.54, 1.807) is 0 Å². The van der Waals surface area contributed by atoms with Gasteiger partial charge < -0.3 is 9.47 Å². The van der Waals surface area contributed by atoms with Crippen LogP contribution in [0.5, 0.6) is 0 Å². The van der Waals surface area contributed by atoms with E-state index in [1.165, 1.54) is 5.57 Å². The molecule has 94 valence electrons. The van der Waals surface area contributed by atoms with Crippen molar-refractivity contribution in [2.75, 3.05) is 6.61 Å². The first-order valence-corrected chi connectivity index (χ1v) is 6.21. The second kappa shape index (κ2) is 7.77. The van der Waals surface area contributed by atoms with Crippen LogP contribution in [0.3, 0.4) is 0 Å². The highest BCUT2D eigenvalue weighted by atomic mass is 16.5. The van der Waals surface area contributed by atoms with E-state index < -0.39 is 0 Å². The predicted octanol–water partition coefficient (Wildman–Crippen LogP) is 4.12. The van der Waals surface area contributed by atoms with Crippen molar-refractivity contribution >= 4 is 0 Å². The van der Waals surface area contributed by atoms with Gasteiger partial charge in [-0.05, 0) is 38.3 Å². The molecule has 0 amide bonds. The molecular weight excluding hydrogens is 212 g/mol. The Morgan fingerprint density at radius 2 is 2.47 bits per heavy atom. The summed E-state index contributed by atoms with van der Waals surface area (Å²) in [5.41, 5.74) is 1.20. The Kier molecular flexibility index (Phi) is 6.23. The van der Waals surface area contributed by atoms with Crippen LogP contribution in [0.4, 0.5) is 0 Å². The second-order valence-electron chi connectivity index (χ2n) is 4.03. The summed E-state index contributed by atoms with van der Waals surface area (Å²) in [6.45, 7) is 8.43. The zero-order valence-corrected chi connectivity index (χ0v) is 10.8. The molecule has 1 aliphatic heterocycles. The van der Waals surface area contributed by atoms with Crippen molar-refractivity contribution < 1.29 is 9.47 Å². The number of rotatable bonds is 6. The van der Waals surface area contributed by atoms with Gasteiger partial charge in [-0.15, -0.1) is 0 Å². The average Bonchev–Trinajstić information content (AvgIpc) is 2.37. The molecule has 1 aliphatic rings. The molecule has 17 heavy (non-hydrogen) atoms. The summed E-state index contributed by atoms with van der Waals surface area (Å²) in [6, 6.07) is 0. The van der Waals surface area contributed by atoms with Crippen LogP contribution >= 0.6 is 0 Å². The van der Waals surface area contributed by atoms with E-state index in [1.807, 2.05) is 31.4 Å². The number of hydrogen-bond donors (Lipinski definition) is 0. The van der Waals surface area contributed by atoms with Crippen molar-refractivity contribution in [3.05, 3.63) is 48.5 Å². The molecule has 0 N–H and O–H groups in total. The van der Waals surface area contributed by atoms with Gasteiger partial charge in [-0.25, -0.2) is 0 Å². The van der Waals surface area contributed by atoms with E-state index in [0.29, 0.717) is 6.61 Å². The Morgan fingerprint density at radius 1 is 1.65 bits per heavy atom. The molecule has 1 rings (SSSR count). The molecule has 0 aliphatic carbocycles. The molecule has 1 atom stereocenters. The maximum Gasteiger partial charge on any atom is 0.116 e. The number of ether oxygens (including phenoxy) is 2. The van der Waals surface area contributed by atoms with Gasteiger partial charge in [0.2, 0.25) is 0 Å². The Morgan fingerprint density at radius 3 is 3.00 bits per heavy atom. The SMILES string of the molecule is C=CC1CCC(COC(/C=C\C)=C/CC)=CO1. The van der Waals surface area contributed by atoms with Crippen LogP contribution in [0.1, 0.15) is 33.1 Å². The highest BCUT2D eigenvalue weighted by Crippen LogP contribution is 2.19. The van der Waals surface area contributed by atoms with Crippen molar-refractivity contribution in [1.29, 1.82) is 0 Å². The summed E-state index contributed by atoms with van der Waals surface area (Å²) in [4.78, 5) is 0. The molecule has 0 saturated carbocycles. The predicted molar refractivity (Wildman–Crippen MR) is 71.5 cm³/mol. The molecule has 1 heterocycles. The van der Waals surface area contributed by atoms with Gasteiger partial charge in [-0.3, -0.25) is 0 Å². The first kappa shape index (κ1) is 13.6. The molecule has 0 aromatic carbocycles. The maximum atomic E-state index is 5.73. The van der Waals surface area contributed by atoms with Crippen LogP contribution in [0, 0.1) is 0 Å². The van der Waals surface area contributed by atoms with Crippen molar-refractivity contribution in [1.82, 2.24) is 0 Å². The minimum atomic E-state index is 0.167. The largest absolute Gasteiger partial charge is 0.494 e. The van der Waals surface area contributed by atoms with Crippen LogP contribution in [0.15, 0.2) is 48.5 Å². The van der Waals surface area contributed by atoms with Gasteiger partial charge in [-0.2, -0.15) is 0 Å². The van der Waals surface area contributed by atoms with E-state index >= 15 is 0 Å². The molecule has 0 radical (unpaired) electrons. The van der Waals surface area contributed by atoms with Crippen LogP contribution in [-0.2, 0) is 9.47 Å². The lowest BCUT2D eigenvalue weighted by molar-refractivity contribution is 0.148. The first-order chi connectivity index (χ1) is 8.30. The normalized spacial score (nSPS) is 20.9. The molecule has 0 saturated heterocycles. The molecule has 2 nitrogen and oxygen atoms in total. The Labute approximate surface area is 104 Å². The van der Waals surface area contributed by atoms with Gasteiger partial charge in [0.15, 0.2) is 0 Å². The summed E-state index contributed by atoms with van der Waals surface area (Å²) >= 11 is 0. The van der Waals surface area contributed by atoms with Crippen molar-refractivity contribution in [3.8, 4) is 0 Å². The number of allylic oxidation sites excluding steroid dienone is 3. The molecular formula is C15H22O2. The lowest BCUT2D eigenvalue weighted by Gasteiger charge is -2.20. The summed E-state index contributed by atoms with van der Waals surface area (Å²) in [7, 11) is 0. The van der Waals surface area contributed by atoms with E-state index in [0.717, 1.165) is 25.0 Å². The third-order valence-corrected chi connectivity index (χ3v) is 2.58. The van der Waals surface area contributed by atoms with E-state index in [-0.39, 0.29) is 6.10 Å². The van der Waals surface area contributed by atoms with Gasteiger partial charge in [0.25, 0.3) is 0 Å². The van der Waals surface area contributed by atoms with Crippen molar-refractivity contribution in [3.63, 3.8) is 0 Å². The van der Waals surface area contributed by atoms with Crippen LogP contribution in [0.2, 0.25) is 0 Å². The lowest BCUT2D eigenvalue weighted by atomic mass is 10.1. The second-order valence-corrected chi connectivity index (χ2v) is 4.03. The summed E-state index contributed by atoms with van der Waals surface area (Å²) in [5, 5.41) is 0. The van der Waals surface area contributed by atoms with Gasteiger partial charge in [0.05, 0.1) is 6.26 Å². The zero-order valence-electron chi connectivity index (χ0n) is 10.8. The van der Waals surface area contributed by atoms with Crippen LogP contribution < -0.4 is 0 Å².